The Labute approximate surface area is 102 Å². The lowest BCUT2D eigenvalue weighted by Crippen LogP contribution is -2.45. The van der Waals surface area contributed by atoms with E-state index in [0.717, 1.165) is 25.8 Å². The quantitative estimate of drug-likeness (QED) is 0.741. The van der Waals surface area contributed by atoms with Crippen LogP contribution in [0.25, 0.3) is 0 Å². The highest BCUT2D eigenvalue weighted by molar-refractivity contribution is 5.09. The number of rotatable bonds is 5. The summed E-state index contributed by atoms with van der Waals surface area (Å²) >= 11 is 0. The fourth-order valence-electron chi connectivity index (χ4n) is 2.03. The van der Waals surface area contributed by atoms with Gasteiger partial charge in [-0.05, 0) is 30.7 Å². The van der Waals surface area contributed by atoms with Crippen LogP contribution in [0.1, 0.15) is 18.4 Å². The van der Waals surface area contributed by atoms with Crippen LogP contribution in [0.2, 0.25) is 0 Å². The van der Waals surface area contributed by atoms with Gasteiger partial charge in [0, 0.05) is 45.0 Å². The summed E-state index contributed by atoms with van der Waals surface area (Å²) in [4.78, 5) is 3.98. The maximum absolute atomic E-state index is 10.2. The van der Waals surface area contributed by atoms with Crippen molar-refractivity contribution in [1.29, 1.82) is 0 Å². The Morgan fingerprint density at radius 1 is 1.29 bits per heavy atom. The average molecular weight is 236 g/mol. The Kier molecular flexibility index (Phi) is 4.48. The number of nitrogens with one attached hydrogen (secondary N) is 1. The summed E-state index contributed by atoms with van der Waals surface area (Å²) in [5.41, 5.74) is 0.697. The van der Waals surface area contributed by atoms with Crippen molar-refractivity contribution in [2.45, 2.75) is 24.9 Å². The molecule has 94 valence electrons. The average Bonchev–Trinajstić information content (AvgIpc) is 2.37. The van der Waals surface area contributed by atoms with Gasteiger partial charge in [0.25, 0.3) is 0 Å². The molecule has 1 aliphatic rings. The van der Waals surface area contributed by atoms with Gasteiger partial charge in [-0.2, -0.15) is 0 Å². The van der Waals surface area contributed by atoms with E-state index >= 15 is 0 Å². The van der Waals surface area contributed by atoms with Gasteiger partial charge in [0.2, 0.25) is 0 Å². The summed E-state index contributed by atoms with van der Waals surface area (Å²) in [6, 6.07) is 4.04. The third-order valence-electron chi connectivity index (χ3n) is 3.22. The molecule has 1 aromatic rings. The van der Waals surface area contributed by atoms with Crippen LogP contribution in [0.5, 0.6) is 0 Å². The third-order valence-corrected chi connectivity index (χ3v) is 3.22. The molecule has 0 amide bonds. The van der Waals surface area contributed by atoms with Crippen LogP contribution in [0.4, 0.5) is 0 Å². The summed E-state index contributed by atoms with van der Waals surface area (Å²) in [5, 5.41) is 13.5. The first-order valence-electron chi connectivity index (χ1n) is 6.18. The van der Waals surface area contributed by atoms with Gasteiger partial charge in [-0.1, -0.05) is 0 Å². The van der Waals surface area contributed by atoms with Gasteiger partial charge < -0.3 is 15.2 Å². The number of nitrogens with zero attached hydrogens (tertiary/aromatic N) is 1. The smallest absolute Gasteiger partial charge is 0.0815 e. The van der Waals surface area contributed by atoms with Crippen LogP contribution in [0.15, 0.2) is 24.5 Å². The van der Waals surface area contributed by atoms with Gasteiger partial charge in [0.15, 0.2) is 0 Å². The normalized spacial score (nSPS) is 19.1. The summed E-state index contributed by atoms with van der Waals surface area (Å²) < 4.78 is 5.25. The monoisotopic (exact) mass is 236 g/mol. The first-order valence-corrected chi connectivity index (χ1v) is 6.18. The fourth-order valence-corrected chi connectivity index (χ4v) is 2.03. The number of hydrogen-bond acceptors (Lipinski definition) is 4. The van der Waals surface area contributed by atoms with Crippen molar-refractivity contribution in [3.63, 3.8) is 0 Å². The Hall–Kier alpha value is -0.970. The van der Waals surface area contributed by atoms with Gasteiger partial charge in [-0.25, -0.2) is 0 Å². The second-order valence-corrected chi connectivity index (χ2v) is 4.62. The molecule has 1 aromatic heterocycles. The van der Waals surface area contributed by atoms with E-state index in [-0.39, 0.29) is 0 Å². The van der Waals surface area contributed by atoms with Crippen molar-refractivity contribution in [1.82, 2.24) is 10.3 Å². The molecule has 0 unspecified atom stereocenters. The zero-order valence-electron chi connectivity index (χ0n) is 10.1. The molecule has 0 radical (unpaired) electrons. The lowest BCUT2D eigenvalue weighted by Gasteiger charge is -2.32. The van der Waals surface area contributed by atoms with Crippen LogP contribution < -0.4 is 5.32 Å². The summed E-state index contributed by atoms with van der Waals surface area (Å²) in [7, 11) is 0. The Balaban J connectivity index is 1.66. The third kappa shape index (κ3) is 4.07. The SMILES string of the molecule is OC1(CNCCc2ccncc2)CCOCC1. The van der Waals surface area contributed by atoms with Crippen LogP contribution in [0, 0.1) is 0 Å². The minimum absolute atomic E-state index is 0.573. The topological polar surface area (TPSA) is 54.4 Å². The van der Waals surface area contributed by atoms with E-state index in [1.54, 1.807) is 12.4 Å². The number of pyridine rings is 1. The predicted octanol–water partition coefficient (Wildman–Crippen LogP) is 0.755. The Morgan fingerprint density at radius 3 is 2.71 bits per heavy atom. The van der Waals surface area contributed by atoms with E-state index in [9.17, 15) is 5.11 Å². The van der Waals surface area contributed by atoms with Crippen LogP contribution in [-0.2, 0) is 11.2 Å². The molecule has 2 heterocycles. The second-order valence-electron chi connectivity index (χ2n) is 4.62. The van der Waals surface area contributed by atoms with Gasteiger partial charge in [-0.15, -0.1) is 0 Å². The minimum Gasteiger partial charge on any atom is -0.388 e. The Bertz CT molecular complexity index is 323. The fraction of sp³-hybridized carbons (Fsp3) is 0.615. The molecule has 17 heavy (non-hydrogen) atoms. The minimum atomic E-state index is -0.573. The number of hydrogen-bond donors (Lipinski definition) is 2. The lowest BCUT2D eigenvalue weighted by molar-refractivity contribution is -0.0614. The second kappa shape index (κ2) is 6.10. The molecular weight excluding hydrogens is 216 g/mol. The van der Waals surface area contributed by atoms with Crippen molar-refractivity contribution in [3.05, 3.63) is 30.1 Å². The van der Waals surface area contributed by atoms with E-state index in [2.05, 4.69) is 10.3 Å². The van der Waals surface area contributed by atoms with Gasteiger partial charge in [0.05, 0.1) is 5.60 Å². The molecule has 0 aliphatic carbocycles. The predicted molar refractivity (Wildman–Crippen MR) is 65.8 cm³/mol. The Morgan fingerprint density at radius 2 is 2.00 bits per heavy atom. The van der Waals surface area contributed by atoms with Crippen molar-refractivity contribution in [2.75, 3.05) is 26.3 Å². The van der Waals surface area contributed by atoms with Crippen LogP contribution >= 0.6 is 0 Å². The molecule has 0 aromatic carbocycles. The highest BCUT2D eigenvalue weighted by atomic mass is 16.5. The first-order chi connectivity index (χ1) is 8.29. The lowest BCUT2D eigenvalue weighted by atomic mass is 9.94. The van der Waals surface area contributed by atoms with Crippen molar-refractivity contribution in [2.24, 2.45) is 0 Å². The molecule has 2 rings (SSSR count). The molecule has 1 saturated heterocycles. The molecular formula is C13H20N2O2. The van der Waals surface area contributed by atoms with E-state index in [0.29, 0.717) is 19.8 Å². The maximum Gasteiger partial charge on any atom is 0.0815 e. The molecule has 0 saturated carbocycles. The standard InChI is InChI=1S/C13H20N2O2/c16-13(4-9-17-10-5-13)11-15-8-3-12-1-6-14-7-2-12/h1-2,6-7,15-16H,3-5,8-11H2. The zero-order chi connectivity index (χ0) is 12.0. The zero-order valence-corrected chi connectivity index (χ0v) is 10.1. The summed E-state index contributed by atoms with van der Waals surface area (Å²) in [6.07, 6.45) is 6.04. The molecule has 4 nitrogen and oxygen atoms in total. The summed E-state index contributed by atoms with van der Waals surface area (Å²) in [5.74, 6) is 0. The number of aromatic nitrogens is 1. The number of aliphatic hydroxyl groups is 1. The maximum atomic E-state index is 10.2. The molecule has 0 bridgehead atoms. The van der Waals surface area contributed by atoms with Gasteiger partial charge >= 0.3 is 0 Å². The van der Waals surface area contributed by atoms with E-state index in [4.69, 9.17) is 4.74 Å². The van der Waals surface area contributed by atoms with Crippen molar-refractivity contribution < 1.29 is 9.84 Å². The van der Waals surface area contributed by atoms with E-state index in [1.807, 2.05) is 12.1 Å². The van der Waals surface area contributed by atoms with Crippen molar-refractivity contribution >= 4 is 0 Å². The van der Waals surface area contributed by atoms with Gasteiger partial charge in [0.1, 0.15) is 0 Å². The highest BCUT2D eigenvalue weighted by Gasteiger charge is 2.28. The van der Waals surface area contributed by atoms with E-state index in [1.165, 1.54) is 5.56 Å². The largest absolute Gasteiger partial charge is 0.388 e. The molecule has 0 atom stereocenters. The van der Waals surface area contributed by atoms with Crippen LogP contribution in [0.3, 0.4) is 0 Å². The number of ether oxygens (including phenoxy) is 1. The molecule has 4 heteroatoms. The van der Waals surface area contributed by atoms with Crippen molar-refractivity contribution in [3.8, 4) is 0 Å². The van der Waals surface area contributed by atoms with Crippen LogP contribution in [-0.4, -0.2) is 42.0 Å². The highest BCUT2D eigenvalue weighted by Crippen LogP contribution is 2.19. The van der Waals surface area contributed by atoms with Gasteiger partial charge in [-0.3, -0.25) is 4.98 Å². The first kappa shape index (κ1) is 12.5. The molecule has 1 fully saturated rings. The van der Waals surface area contributed by atoms with E-state index < -0.39 is 5.60 Å². The molecule has 2 N–H and O–H groups in total. The molecule has 0 spiro atoms. The summed E-state index contributed by atoms with van der Waals surface area (Å²) in [6.45, 7) is 2.87. The molecule has 1 aliphatic heterocycles.